The first-order valence-electron chi connectivity index (χ1n) is 9.65. The van der Waals surface area contributed by atoms with Gasteiger partial charge < -0.3 is 15.1 Å². The van der Waals surface area contributed by atoms with Crippen LogP contribution in [0.5, 0.6) is 0 Å². The highest BCUT2D eigenvalue weighted by Gasteiger charge is 2.36. The molecule has 0 spiro atoms. The molecule has 0 aromatic heterocycles. The Labute approximate surface area is 181 Å². The summed E-state index contributed by atoms with van der Waals surface area (Å²) in [6.07, 6.45) is 0.612. The molecule has 1 saturated heterocycles. The Morgan fingerprint density at radius 1 is 1.13 bits per heavy atom. The lowest BCUT2D eigenvalue weighted by atomic mass is 10.2. The fraction of sp³-hybridized carbons (Fsp3) is 0.318. The van der Waals surface area contributed by atoms with Crippen molar-refractivity contribution < 1.29 is 14.4 Å². The van der Waals surface area contributed by atoms with Gasteiger partial charge in [0.25, 0.3) is 5.91 Å². The van der Waals surface area contributed by atoms with Gasteiger partial charge in [-0.1, -0.05) is 29.8 Å². The molecule has 1 heterocycles. The number of amides is 3. The molecule has 1 fully saturated rings. The number of anilines is 2. The fourth-order valence-corrected chi connectivity index (χ4v) is 3.75. The van der Waals surface area contributed by atoms with Crippen LogP contribution in [0, 0.1) is 0 Å². The van der Waals surface area contributed by atoms with Gasteiger partial charge in [-0.2, -0.15) is 0 Å². The monoisotopic (exact) mass is 428 g/mol. The third kappa shape index (κ3) is 4.80. The van der Waals surface area contributed by atoms with E-state index in [9.17, 15) is 14.4 Å². The van der Waals surface area contributed by atoms with Gasteiger partial charge in [0.1, 0.15) is 0 Å². The quantitative estimate of drug-likeness (QED) is 0.767. The summed E-state index contributed by atoms with van der Waals surface area (Å²) in [7, 11) is 5.10. The Kier molecular flexibility index (Phi) is 6.74. The van der Waals surface area contributed by atoms with Gasteiger partial charge in [0, 0.05) is 31.9 Å². The molecule has 0 saturated carbocycles. The highest BCUT2D eigenvalue weighted by Crippen LogP contribution is 2.30. The molecule has 1 unspecified atom stereocenters. The van der Waals surface area contributed by atoms with E-state index in [0.29, 0.717) is 34.9 Å². The summed E-state index contributed by atoms with van der Waals surface area (Å²) in [5.41, 5.74) is 1.72. The van der Waals surface area contributed by atoms with Gasteiger partial charge in [0.15, 0.2) is 0 Å². The molecule has 3 amide bonds. The van der Waals surface area contributed by atoms with Crippen LogP contribution in [0.25, 0.3) is 0 Å². The van der Waals surface area contributed by atoms with Crippen molar-refractivity contribution in [3.8, 4) is 0 Å². The minimum Gasteiger partial charge on any atom is -0.345 e. The predicted octanol–water partition coefficient (Wildman–Crippen LogP) is 2.72. The second-order valence-corrected chi connectivity index (χ2v) is 7.90. The molecule has 1 aliphatic heterocycles. The number of carbonyl (C=O) groups is 3. The van der Waals surface area contributed by atoms with Crippen molar-refractivity contribution in [2.24, 2.45) is 0 Å². The van der Waals surface area contributed by atoms with Crippen LogP contribution in [-0.2, 0) is 9.59 Å². The number of nitrogens with zero attached hydrogens (tertiary/aromatic N) is 3. The molecule has 1 aliphatic rings. The molecular weight excluding hydrogens is 404 g/mol. The van der Waals surface area contributed by atoms with E-state index in [0.717, 1.165) is 0 Å². The summed E-state index contributed by atoms with van der Waals surface area (Å²) >= 11 is 6.23. The van der Waals surface area contributed by atoms with Gasteiger partial charge in [0.2, 0.25) is 11.8 Å². The maximum absolute atomic E-state index is 12.9. The molecule has 7 nitrogen and oxygen atoms in total. The first kappa shape index (κ1) is 21.8. The molecule has 2 aromatic carbocycles. The maximum Gasteiger partial charge on any atom is 0.253 e. The van der Waals surface area contributed by atoms with Gasteiger partial charge >= 0.3 is 0 Å². The van der Waals surface area contributed by atoms with Crippen molar-refractivity contribution in [3.05, 3.63) is 59.1 Å². The lowest BCUT2D eigenvalue weighted by Crippen LogP contribution is -2.43. The van der Waals surface area contributed by atoms with Gasteiger partial charge in [-0.25, -0.2) is 0 Å². The Hall–Kier alpha value is -2.90. The zero-order valence-electron chi connectivity index (χ0n) is 17.3. The van der Waals surface area contributed by atoms with Crippen LogP contribution in [-0.4, -0.2) is 67.8 Å². The van der Waals surface area contributed by atoms with Crippen LogP contribution >= 0.6 is 11.6 Å². The Balaban J connectivity index is 1.61. The highest BCUT2D eigenvalue weighted by molar-refractivity contribution is 6.34. The second kappa shape index (κ2) is 9.28. The van der Waals surface area contributed by atoms with E-state index in [-0.39, 0.29) is 24.3 Å². The van der Waals surface area contributed by atoms with Gasteiger partial charge in [0.05, 0.1) is 23.3 Å². The average molecular weight is 429 g/mol. The topological polar surface area (TPSA) is 73.0 Å². The molecule has 0 radical (unpaired) electrons. The van der Waals surface area contributed by atoms with Crippen molar-refractivity contribution in [1.29, 1.82) is 0 Å². The van der Waals surface area contributed by atoms with Crippen molar-refractivity contribution >= 4 is 40.7 Å². The maximum atomic E-state index is 12.9. The molecular formula is C22H25ClN4O3. The van der Waals surface area contributed by atoms with E-state index in [1.807, 2.05) is 18.2 Å². The minimum absolute atomic E-state index is 0.0542. The van der Waals surface area contributed by atoms with Crippen LogP contribution in [0.2, 0.25) is 5.02 Å². The first-order valence-corrected chi connectivity index (χ1v) is 10.0. The van der Waals surface area contributed by atoms with Crippen LogP contribution in [0.3, 0.4) is 0 Å². The molecule has 158 valence electrons. The third-order valence-electron chi connectivity index (χ3n) is 5.05. The largest absolute Gasteiger partial charge is 0.345 e. The van der Waals surface area contributed by atoms with Crippen molar-refractivity contribution in [1.82, 2.24) is 9.80 Å². The van der Waals surface area contributed by atoms with Gasteiger partial charge in [-0.05, 0) is 43.8 Å². The number of hydrogen-bond donors (Lipinski definition) is 1. The second-order valence-electron chi connectivity index (χ2n) is 7.49. The first-order chi connectivity index (χ1) is 14.3. The minimum atomic E-state index is -0.395. The third-order valence-corrected chi connectivity index (χ3v) is 5.36. The summed E-state index contributed by atoms with van der Waals surface area (Å²) in [4.78, 5) is 42.4. The zero-order chi connectivity index (χ0) is 21.8. The lowest BCUT2D eigenvalue weighted by molar-refractivity contribution is -0.123. The molecule has 1 atom stereocenters. The number of halogens is 1. The number of rotatable bonds is 6. The van der Waals surface area contributed by atoms with E-state index in [4.69, 9.17) is 11.6 Å². The van der Waals surface area contributed by atoms with E-state index < -0.39 is 6.04 Å². The number of nitrogens with one attached hydrogen (secondary N) is 1. The van der Waals surface area contributed by atoms with E-state index in [1.54, 1.807) is 61.3 Å². The van der Waals surface area contributed by atoms with Crippen LogP contribution in [0.15, 0.2) is 48.5 Å². The number of hydrogen-bond acceptors (Lipinski definition) is 4. The zero-order valence-corrected chi connectivity index (χ0v) is 18.0. The molecule has 8 heteroatoms. The molecule has 30 heavy (non-hydrogen) atoms. The molecule has 1 N–H and O–H groups in total. The average Bonchev–Trinajstić information content (AvgIpc) is 3.09. The fourth-order valence-electron chi connectivity index (χ4n) is 3.51. The van der Waals surface area contributed by atoms with Gasteiger partial charge in [-0.15, -0.1) is 0 Å². The Morgan fingerprint density at radius 3 is 2.57 bits per heavy atom. The van der Waals surface area contributed by atoms with Crippen molar-refractivity contribution in [3.63, 3.8) is 0 Å². The van der Waals surface area contributed by atoms with E-state index >= 15 is 0 Å². The van der Waals surface area contributed by atoms with E-state index in [1.165, 1.54) is 4.90 Å². The lowest BCUT2D eigenvalue weighted by Gasteiger charge is -2.23. The molecule has 0 aliphatic carbocycles. The molecule has 2 aromatic rings. The van der Waals surface area contributed by atoms with Crippen molar-refractivity contribution in [2.75, 3.05) is 44.4 Å². The van der Waals surface area contributed by atoms with Crippen LogP contribution < -0.4 is 10.2 Å². The van der Waals surface area contributed by atoms with Crippen molar-refractivity contribution in [2.45, 2.75) is 12.5 Å². The highest BCUT2D eigenvalue weighted by atomic mass is 35.5. The summed E-state index contributed by atoms with van der Waals surface area (Å²) in [5, 5.41) is 3.33. The Bertz CT molecular complexity index is 963. The summed E-state index contributed by atoms with van der Waals surface area (Å²) < 4.78 is 0. The summed E-state index contributed by atoms with van der Waals surface area (Å²) in [6.45, 7) is 0.604. The predicted molar refractivity (Wildman–Crippen MR) is 118 cm³/mol. The number of para-hydroxylation sites is 1. The standard InChI is InChI=1S/C22H25ClN4O3/c1-25(2)21(29)15-7-6-8-16(13-15)24-20(28)14-26(3)19-11-12-27(22(19)30)18-10-5-4-9-17(18)23/h4-10,13,19H,11-12,14H2,1-3H3,(H,24,28). The number of benzene rings is 2. The smallest absolute Gasteiger partial charge is 0.253 e. The SMILES string of the molecule is CN(C)C(=O)c1cccc(NC(=O)CN(C)C2CCN(c3ccccc3Cl)C2=O)c1. The van der Waals surface area contributed by atoms with Crippen LogP contribution in [0.4, 0.5) is 11.4 Å². The Morgan fingerprint density at radius 2 is 1.87 bits per heavy atom. The van der Waals surface area contributed by atoms with E-state index in [2.05, 4.69) is 5.32 Å². The summed E-state index contributed by atoms with van der Waals surface area (Å²) in [6, 6.07) is 13.6. The normalized spacial score (nSPS) is 16.1. The molecule has 0 bridgehead atoms. The van der Waals surface area contributed by atoms with Crippen LogP contribution in [0.1, 0.15) is 16.8 Å². The molecule has 3 rings (SSSR count). The summed E-state index contributed by atoms with van der Waals surface area (Å²) in [5.74, 6) is -0.465. The van der Waals surface area contributed by atoms with Gasteiger partial charge in [-0.3, -0.25) is 19.3 Å². The number of likely N-dealkylation sites (N-methyl/N-ethyl adjacent to an activating group) is 1. The number of carbonyl (C=O) groups excluding carboxylic acids is 3.